The summed E-state index contributed by atoms with van der Waals surface area (Å²) < 4.78 is 40.2. The Balaban J connectivity index is 1.65. The average Bonchev–Trinajstić information content (AvgIpc) is 3.21. The van der Waals surface area contributed by atoms with Gasteiger partial charge in [-0.15, -0.1) is 5.10 Å². The van der Waals surface area contributed by atoms with Gasteiger partial charge in [-0.1, -0.05) is 5.21 Å². The molecule has 0 saturated carbocycles. The number of hydrogen-bond acceptors (Lipinski definition) is 4. The summed E-state index contributed by atoms with van der Waals surface area (Å²) in [5, 5.41) is 11.5. The number of aromatic amines is 1. The molecule has 1 aromatic carbocycles. The summed E-state index contributed by atoms with van der Waals surface area (Å²) >= 11 is 0. The number of nitrogens with zero attached hydrogens (tertiary/aromatic N) is 4. The molecule has 0 amide bonds. The number of aromatic nitrogens is 5. The van der Waals surface area contributed by atoms with Gasteiger partial charge < -0.3 is 10.3 Å². The van der Waals surface area contributed by atoms with Crippen molar-refractivity contribution in [1.82, 2.24) is 30.3 Å². The van der Waals surface area contributed by atoms with Gasteiger partial charge in [-0.3, -0.25) is 0 Å². The summed E-state index contributed by atoms with van der Waals surface area (Å²) in [7, 11) is 0. The highest BCUT2D eigenvalue weighted by molar-refractivity contribution is 5.79. The van der Waals surface area contributed by atoms with E-state index in [-0.39, 0.29) is 6.04 Å². The highest BCUT2D eigenvalue weighted by Gasteiger charge is 2.30. The van der Waals surface area contributed by atoms with Gasteiger partial charge in [0.05, 0.1) is 28.8 Å². The number of fused-ring (bicyclic) bond motifs is 1. The maximum absolute atomic E-state index is 12.8. The molecule has 0 radical (unpaired) electrons. The molecule has 1 aliphatic rings. The molecule has 0 bridgehead atoms. The minimum absolute atomic E-state index is 0.286. The number of piperidine rings is 1. The molecule has 3 heterocycles. The number of H-pyrrole nitrogens is 1. The Morgan fingerprint density at radius 1 is 1.17 bits per heavy atom. The highest BCUT2D eigenvalue weighted by atomic mass is 19.4. The van der Waals surface area contributed by atoms with Crippen LogP contribution < -0.4 is 5.32 Å². The van der Waals surface area contributed by atoms with Crippen molar-refractivity contribution in [2.24, 2.45) is 0 Å². The first-order chi connectivity index (χ1) is 11.5. The lowest BCUT2D eigenvalue weighted by molar-refractivity contribution is -0.137. The van der Waals surface area contributed by atoms with Crippen molar-refractivity contribution in [3.63, 3.8) is 0 Å². The van der Waals surface area contributed by atoms with Crippen LogP contribution in [0.2, 0.25) is 0 Å². The van der Waals surface area contributed by atoms with Crippen molar-refractivity contribution in [2.45, 2.75) is 25.1 Å². The van der Waals surface area contributed by atoms with Gasteiger partial charge in [0.2, 0.25) is 0 Å². The first-order valence-electron chi connectivity index (χ1n) is 7.70. The summed E-state index contributed by atoms with van der Waals surface area (Å²) in [6.07, 6.45) is -0.647. The standard InChI is InChI=1S/C15H15F3N6/c16-15(17,18)9-1-2-11-12(7-9)21-14(20-11)13-8-24(23-22-13)10-3-5-19-6-4-10/h1-2,7-8,10,19H,3-6H2,(H,20,21). The fraction of sp³-hybridized carbons (Fsp3) is 0.400. The van der Waals surface area contributed by atoms with Crippen molar-refractivity contribution >= 4 is 11.0 Å². The maximum atomic E-state index is 12.8. The molecule has 0 unspecified atom stereocenters. The minimum atomic E-state index is -4.38. The smallest absolute Gasteiger partial charge is 0.337 e. The maximum Gasteiger partial charge on any atom is 0.416 e. The van der Waals surface area contributed by atoms with Gasteiger partial charge >= 0.3 is 6.18 Å². The number of nitrogens with one attached hydrogen (secondary N) is 2. The molecule has 4 rings (SSSR count). The van der Waals surface area contributed by atoms with E-state index in [4.69, 9.17) is 0 Å². The normalized spacial score (nSPS) is 16.8. The average molecular weight is 336 g/mol. The number of halogens is 3. The van der Waals surface area contributed by atoms with Gasteiger partial charge in [-0.2, -0.15) is 13.2 Å². The van der Waals surface area contributed by atoms with E-state index in [1.54, 1.807) is 6.20 Å². The second kappa shape index (κ2) is 5.59. The molecule has 24 heavy (non-hydrogen) atoms. The highest BCUT2D eigenvalue weighted by Crippen LogP contribution is 2.31. The lowest BCUT2D eigenvalue weighted by Crippen LogP contribution is -2.29. The van der Waals surface area contributed by atoms with Crippen LogP contribution in [0, 0.1) is 0 Å². The van der Waals surface area contributed by atoms with Gasteiger partial charge in [0.25, 0.3) is 0 Å². The van der Waals surface area contributed by atoms with Crippen LogP contribution in [0.25, 0.3) is 22.6 Å². The van der Waals surface area contributed by atoms with Crippen LogP contribution in [0.1, 0.15) is 24.4 Å². The van der Waals surface area contributed by atoms with Gasteiger partial charge in [-0.25, -0.2) is 9.67 Å². The van der Waals surface area contributed by atoms with Crippen LogP contribution in [0.5, 0.6) is 0 Å². The summed E-state index contributed by atoms with van der Waals surface area (Å²) in [4.78, 5) is 7.21. The third kappa shape index (κ3) is 2.75. The van der Waals surface area contributed by atoms with Crippen LogP contribution in [0.3, 0.4) is 0 Å². The van der Waals surface area contributed by atoms with Crippen molar-refractivity contribution in [3.8, 4) is 11.5 Å². The monoisotopic (exact) mass is 336 g/mol. The molecule has 0 aliphatic carbocycles. The Hall–Kier alpha value is -2.42. The molecule has 3 aromatic rings. The molecular weight excluding hydrogens is 321 g/mol. The van der Waals surface area contributed by atoms with Gasteiger partial charge in [0, 0.05) is 0 Å². The third-order valence-electron chi connectivity index (χ3n) is 4.24. The van der Waals surface area contributed by atoms with Crippen molar-refractivity contribution < 1.29 is 13.2 Å². The number of alkyl halides is 3. The minimum Gasteiger partial charge on any atom is -0.337 e. The Bertz CT molecular complexity index is 860. The molecule has 0 atom stereocenters. The summed E-state index contributed by atoms with van der Waals surface area (Å²) in [5.41, 5.74) is 0.618. The van der Waals surface area contributed by atoms with E-state index in [1.807, 2.05) is 4.68 Å². The molecule has 0 spiro atoms. The van der Waals surface area contributed by atoms with E-state index < -0.39 is 11.7 Å². The zero-order valence-electron chi connectivity index (χ0n) is 12.6. The third-order valence-corrected chi connectivity index (χ3v) is 4.24. The summed E-state index contributed by atoms with van der Waals surface area (Å²) in [6.45, 7) is 1.87. The van der Waals surface area contributed by atoms with Crippen LogP contribution >= 0.6 is 0 Å². The topological polar surface area (TPSA) is 71.4 Å². The molecule has 2 N–H and O–H groups in total. The van der Waals surface area contributed by atoms with Crippen LogP contribution in [-0.2, 0) is 6.18 Å². The number of rotatable bonds is 2. The van der Waals surface area contributed by atoms with Crippen LogP contribution in [0.4, 0.5) is 13.2 Å². The Morgan fingerprint density at radius 2 is 1.96 bits per heavy atom. The SMILES string of the molecule is FC(F)(F)c1ccc2nc(-c3cn(C4CCNCC4)nn3)[nH]c2c1. The number of imidazole rings is 1. The lowest BCUT2D eigenvalue weighted by atomic mass is 10.1. The summed E-state index contributed by atoms with van der Waals surface area (Å²) in [6, 6.07) is 3.73. The Morgan fingerprint density at radius 3 is 2.71 bits per heavy atom. The molecule has 126 valence electrons. The second-order valence-electron chi connectivity index (χ2n) is 5.88. The van der Waals surface area contributed by atoms with Crippen LogP contribution in [0.15, 0.2) is 24.4 Å². The van der Waals surface area contributed by atoms with Crippen molar-refractivity contribution in [1.29, 1.82) is 0 Å². The second-order valence-corrected chi connectivity index (χ2v) is 5.88. The predicted molar refractivity (Wildman–Crippen MR) is 81.3 cm³/mol. The van der Waals surface area contributed by atoms with E-state index in [2.05, 4.69) is 25.6 Å². The van der Waals surface area contributed by atoms with E-state index in [0.29, 0.717) is 22.6 Å². The molecule has 1 saturated heterocycles. The quantitative estimate of drug-likeness (QED) is 0.755. The first-order valence-corrected chi connectivity index (χ1v) is 7.70. The van der Waals surface area contributed by atoms with Crippen molar-refractivity contribution in [2.75, 3.05) is 13.1 Å². The Labute approximate surface area is 135 Å². The largest absolute Gasteiger partial charge is 0.416 e. The summed E-state index contributed by atoms with van der Waals surface area (Å²) in [5.74, 6) is 0.421. The zero-order valence-corrected chi connectivity index (χ0v) is 12.6. The fourth-order valence-electron chi connectivity index (χ4n) is 2.94. The zero-order chi connectivity index (χ0) is 16.7. The number of benzene rings is 1. The van der Waals surface area contributed by atoms with Gasteiger partial charge in [0.15, 0.2) is 5.82 Å². The van der Waals surface area contributed by atoms with Gasteiger partial charge in [-0.05, 0) is 44.1 Å². The first kappa shape index (κ1) is 15.1. The molecule has 1 fully saturated rings. The van der Waals surface area contributed by atoms with Crippen LogP contribution in [-0.4, -0.2) is 38.1 Å². The fourth-order valence-corrected chi connectivity index (χ4v) is 2.94. The molecular formula is C15H15F3N6. The predicted octanol–water partition coefficient (Wildman–Crippen LogP) is 2.76. The molecule has 2 aromatic heterocycles. The van der Waals surface area contributed by atoms with Crippen molar-refractivity contribution in [3.05, 3.63) is 30.0 Å². The lowest BCUT2D eigenvalue weighted by Gasteiger charge is -2.21. The van der Waals surface area contributed by atoms with E-state index in [9.17, 15) is 13.2 Å². The van der Waals surface area contributed by atoms with Gasteiger partial charge in [0.1, 0.15) is 5.69 Å². The molecule has 9 heteroatoms. The van der Waals surface area contributed by atoms with E-state index >= 15 is 0 Å². The number of hydrogen-bond donors (Lipinski definition) is 2. The molecule has 1 aliphatic heterocycles. The Kier molecular flexibility index (Phi) is 3.52. The van der Waals surface area contributed by atoms with E-state index in [1.165, 1.54) is 6.07 Å². The molecule has 6 nitrogen and oxygen atoms in total. The van der Waals surface area contributed by atoms with E-state index in [0.717, 1.165) is 38.1 Å².